The minimum Gasteiger partial charge on any atom is -0.494 e. The minimum atomic E-state index is -5.34. The Labute approximate surface area is 194 Å². The smallest absolute Gasteiger partial charge is 0.419 e. The van der Waals surface area contributed by atoms with Crippen molar-refractivity contribution in [1.29, 1.82) is 0 Å². The molecule has 2 aromatic rings. The van der Waals surface area contributed by atoms with E-state index in [1.54, 1.807) is 12.1 Å². The van der Waals surface area contributed by atoms with Crippen LogP contribution in [0, 0.1) is 5.82 Å². The molecule has 0 amide bonds. The molecule has 0 aliphatic carbocycles. The van der Waals surface area contributed by atoms with Gasteiger partial charge in [-0.05, 0) is 43.0 Å². The molecule has 0 aromatic heterocycles. The molecule has 1 aliphatic heterocycles. The van der Waals surface area contributed by atoms with E-state index in [0.29, 0.717) is 24.8 Å². The van der Waals surface area contributed by atoms with Crippen molar-refractivity contribution in [3.05, 3.63) is 71.0 Å². The summed E-state index contributed by atoms with van der Waals surface area (Å²) in [5.41, 5.74) is -3.35. The topological polar surface area (TPSA) is 27.7 Å². The third-order valence-corrected chi connectivity index (χ3v) is 5.56. The maximum atomic E-state index is 14.8. The lowest BCUT2D eigenvalue weighted by Gasteiger charge is -2.32. The first-order valence-electron chi connectivity index (χ1n) is 11.0. The Kier molecular flexibility index (Phi) is 8.30. The lowest BCUT2D eigenvalue weighted by atomic mass is 9.99. The van der Waals surface area contributed by atoms with E-state index in [2.05, 4.69) is 13.5 Å². The quantitative estimate of drug-likeness (QED) is 0.268. The van der Waals surface area contributed by atoms with Crippen LogP contribution in [0.3, 0.4) is 0 Å². The Bertz CT molecular complexity index is 964. The van der Waals surface area contributed by atoms with Crippen LogP contribution in [0.5, 0.6) is 5.75 Å². The van der Waals surface area contributed by atoms with Crippen LogP contribution in [0.1, 0.15) is 61.0 Å². The van der Waals surface area contributed by atoms with Gasteiger partial charge < -0.3 is 14.2 Å². The second-order valence-electron chi connectivity index (χ2n) is 8.02. The molecule has 3 nitrogen and oxygen atoms in total. The second-order valence-corrected chi connectivity index (χ2v) is 8.02. The maximum absolute atomic E-state index is 14.8. The molecule has 0 saturated carbocycles. The Morgan fingerprint density at radius 1 is 1.06 bits per heavy atom. The molecule has 3 rings (SSSR count). The zero-order valence-electron chi connectivity index (χ0n) is 18.6. The Hall–Kier alpha value is -2.52. The number of hydrogen-bond donors (Lipinski definition) is 0. The molecule has 2 atom stereocenters. The largest absolute Gasteiger partial charge is 0.494 e. The zero-order valence-corrected chi connectivity index (χ0v) is 18.6. The normalized spacial score (nSPS) is 19.1. The van der Waals surface area contributed by atoms with Gasteiger partial charge in [0.1, 0.15) is 17.1 Å². The second kappa shape index (κ2) is 10.8. The van der Waals surface area contributed by atoms with E-state index in [1.165, 1.54) is 0 Å². The number of alkyl halides is 5. The molecule has 1 fully saturated rings. The predicted molar refractivity (Wildman–Crippen MR) is 115 cm³/mol. The van der Waals surface area contributed by atoms with Crippen LogP contribution in [0.25, 0.3) is 6.08 Å². The fourth-order valence-electron chi connectivity index (χ4n) is 3.74. The molecule has 9 heteroatoms. The highest BCUT2D eigenvalue weighted by Gasteiger charge is 2.48. The third kappa shape index (κ3) is 6.13. The highest BCUT2D eigenvalue weighted by atomic mass is 19.4. The molecule has 1 heterocycles. The average Bonchev–Trinajstić information content (AvgIpc) is 2.79. The molecule has 0 radical (unpaired) electrons. The highest BCUT2D eigenvalue weighted by Crippen LogP contribution is 2.44. The molecular formula is C25H26F6O3. The van der Waals surface area contributed by atoms with Gasteiger partial charge >= 0.3 is 12.3 Å². The van der Waals surface area contributed by atoms with Crippen molar-refractivity contribution in [1.82, 2.24) is 0 Å². The van der Waals surface area contributed by atoms with Crippen molar-refractivity contribution in [2.24, 2.45) is 0 Å². The summed E-state index contributed by atoms with van der Waals surface area (Å²) in [7, 11) is 0. The van der Waals surface area contributed by atoms with Crippen LogP contribution in [-0.2, 0) is 21.8 Å². The fourth-order valence-corrected chi connectivity index (χ4v) is 3.74. The summed E-state index contributed by atoms with van der Waals surface area (Å²) < 4.78 is 99.9. The lowest BCUT2D eigenvalue weighted by molar-refractivity contribution is -0.291. The predicted octanol–water partition coefficient (Wildman–Crippen LogP) is 7.65. The molecular weight excluding hydrogens is 462 g/mol. The first-order valence-corrected chi connectivity index (χ1v) is 11.0. The van der Waals surface area contributed by atoms with Gasteiger partial charge in [0.25, 0.3) is 0 Å². The van der Waals surface area contributed by atoms with Crippen LogP contribution in [0.2, 0.25) is 0 Å². The number of hydrogen-bond acceptors (Lipinski definition) is 3. The van der Waals surface area contributed by atoms with Crippen molar-refractivity contribution in [3.8, 4) is 5.75 Å². The SMILES string of the molecule is C=Cc1ccc(C(F)(F)OC2CCC(c3ccc(OCCCC)cc3)OC2)c(C(F)(F)F)c1F. The van der Waals surface area contributed by atoms with Gasteiger partial charge in [-0.15, -0.1) is 0 Å². The van der Waals surface area contributed by atoms with Gasteiger partial charge in [-0.3, -0.25) is 0 Å². The maximum Gasteiger partial charge on any atom is 0.419 e. The number of ether oxygens (including phenoxy) is 3. The molecule has 2 aromatic carbocycles. The molecule has 0 bridgehead atoms. The van der Waals surface area contributed by atoms with Crippen LogP contribution < -0.4 is 4.74 Å². The molecule has 2 unspecified atom stereocenters. The first-order chi connectivity index (χ1) is 16.1. The van der Waals surface area contributed by atoms with E-state index < -0.39 is 40.9 Å². The van der Waals surface area contributed by atoms with Crippen LogP contribution in [0.4, 0.5) is 26.3 Å². The Morgan fingerprint density at radius 3 is 2.32 bits per heavy atom. The molecule has 186 valence electrons. The zero-order chi connectivity index (χ0) is 24.9. The Balaban J connectivity index is 1.66. The van der Waals surface area contributed by atoms with Gasteiger partial charge in [-0.25, -0.2) is 4.39 Å². The average molecular weight is 488 g/mol. The van der Waals surface area contributed by atoms with Crippen molar-refractivity contribution >= 4 is 6.08 Å². The number of benzene rings is 2. The highest BCUT2D eigenvalue weighted by molar-refractivity contribution is 5.52. The van der Waals surface area contributed by atoms with Gasteiger partial charge in [0.05, 0.1) is 31.0 Å². The van der Waals surface area contributed by atoms with Crippen molar-refractivity contribution < 1.29 is 40.6 Å². The summed E-state index contributed by atoms with van der Waals surface area (Å²) in [5.74, 6) is -1.10. The number of halogens is 6. The minimum absolute atomic E-state index is 0.129. The van der Waals surface area contributed by atoms with Gasteiger partial charge in [0, 0.05) is 5.56 Å². The fraction of sp³-hybridized carbons (Fsp3) is 0.440. The van der Waals surface area contributed by atoms with E-state index >= 15 is 0 Å². The molecule has 1 saturated heterocycles. The van der Waals surface area contributed by atoms with Gasteiger partial charge in [-0.1, -0.05) is 44.2 Å². The molecule has 1 aliphatic rings. The van der Waals surface area contributed by atoms with E-state index in [1.807, 2.05) is 12.1 Å². The Morgan fingerprint density at radius 2 is 1.76 bits per heavy atom. The first kappa shape index (κ1) is 26.1. The monoisotopic (exact) mass is 488 g/mol. The van der Waals surface area contributed by atoms with Gasteiger partial charge in [-0.2, -0.15) is 22.0 Å². The van der Waals surface area contributed by atoms with E-state index in [-0.39, 0.29) is 19.1 Å². The van der Waals surface area contributed by atoms with Crippen LogP contribution in [-0.4, -0.2) is 19.3 Å². The van der Waals surface area contributed by atoms with Gasteiger partial charge in [0.2, 0.25) is 0 Å². The van der Waals surface area contributed by atoms with Crippen LogP contribution >= 0.6 is 0 Å². The van der Waals surface area contributed by atoms with Crippen molar-refractivity contribution in [2.75, 3.05) is 13.2 Å². The summed E-state index contributed by atoms with van der Waals surface area (Å²) in [6.45, 7) is 5.63. The van der Waals surface area contributed by atoms with E-state index in [0.717, 1.165) is 30.5 Å². The number of rotatable bonds is 9. The van der Waals surface area contributed by atoms with E-state index in [9.17, 15) is 26.3 Å². The van der Waals surface area contributed by atoms with Crippen molar-refractivity contribution in [3.63, 3.8) is 0 Å². The summed E-state index contributed by atoms with van der Waals surface area (Å²) in [6, 6.07) is 8.56. The molecule has 0 N–H and O–H groups in total. The molecule has 34 heavy (non-hydrogen) atoms. The standard InChI is InChI=1S/C25H26F6O3/c1-3-5-14-32-18-9-6-17(7-10-18)21-13-11-19(15-33-21)34-25(30,31)20-12-8-16(4-2)23(26)22(20)24(27,28)29/h4,6-10,12,19,21H,2-3,5,11,13-15H2,1H3. The summed E-state index contributed by atoms with van der Waals surface area (Å²) >= 11 is 0. The molecule has 0 spiro atoms. The summed E-state index contributed by atoms with van der Waals surface area (Å²) in [6.07, 6.45) is -8.00. The summed E-state index contributed by atoms with van der Waals surface area (Å²) in [5, 5.41) is 0. The van der Waals surface area contributed by atoms with Crippen molar-refractivity contribution in [2.45, 2.75) is 57.1 Å². The van der Waals surface area contributed by atoms with Gasteiger partial charge in [0.15, 0.2) is 0 Å². The number of unbranched alkanes of at least 4 members (excludes halogenated alkanes) is 1. The lowest BCUT2D eigenvalue weighted by Crippen LogP contribution is -2.35. The summed E-state index contributed by atoms with van der Waals surface area (Å²) in [4.78, 5) is 0. The van der Waals surface area contributed by atoms with Crippen LogP contribution in [0.15, 0.2) is 43.0 Å². The third-order valence-electron chi connectivity index (χ3n) is 5.56. The van der Waals surface area contributed by atoms with E-state index in [4.69, 9.17) is 14.2 Å².